The molecule has 0 amide bonds. The summed E-state index contributed by atoms with van der Waals surface area (Å²) in [6.07, 6.45) is 0. The first-order chi connectivity index (χ1) is 20.1. The molecular formula is C37H29NO2S. The van der Waals surface area contributed by atoms with Crippen LogP contribution >= 0.6 is 0 Å². The van der Waals surface area contributed by atoms with Gasteiger partial charge < -0.3 is 0 Å². The highest BCUT2D eigenvalue weighted by atomic mass is 32.2. The second-order valence-corrected chi connectivity index (χ2v) is 10.6. The van der Waals surface area contributed by atoms with E-state index in [0.717, 1.165) is 27.8 Å². The molecule has 0 unspecified atom stereocenters. The van der Waals surface area contributed by atoms with Crippen molar-refractivity contribution in [2.75, 3.05) is 13.1 Å². The summed E-state index contributed by atoms with van der Waals surface area (Å²) in [7, 11) is -2.59. The van der Waals surface area contributed by atoms with Crippen molar-refractivity contribution in [2.45, 2.75) is 11.4 Å². The Labute approximate surface area is 244 Å². The Kier molecular flexibility index (Phi) is 9.43. The van der Waals surface area contributed by atoms with E-state index in [-0.39, 0.29) is 0 Å². The van der Waals surface area contributed by atoms with Crippen LogP contribution < -0.4 is 0 Å². The molecule has 0 aliphatic carbocycles. The van der Waals surface area contributed by atoms with Gasteiger partial charge in [0.1, 0.15) is 0 Å². The van der Waals surface area contributed by atoms with Crippen LogP contribution in [0.1, 0.15) is 16.7 Å². The van der Waals surface area contributed by atoms with Gasteiger partial charge in [0.05, 0.1) is 18.0 Å². The largest absolute Gasteiger partial charge is 0.277 e. The maximum absolute atomic E-state index is 11.3. The molecule has 0 spiro atoms. The van der Waals surface area contributed by atoms with Crippen LogP contribution in [0, 0.1) is 23.7 Å². The van der Waals surface area contributed by atoms with Gasteiger partial charge in [0, 0.05) is 17.7 Å². The van der Waals surface area contributed by atoms with Crippen LogP contribution in [-0.2, 0) is 17.2 Å². The normalized spacial score (nSPS) is 10.5. The van der Waals surface area contributed by atoms with Crippen molar-refractivity contribution >= 4 is 10.7 Å². The number of hydrogen-bond donors (Lipinski definition) is 1. The zero-order valence-corrected chi connectivity index (χ0v) is 23.4. The Hall–Kier alpha value is -4.87. The van der Waals surface area contributed by atoms with Crippen molar-refractivity contribution in [3.8, 4) is 45.9 Å². The quantitative estimate of drug-likeness (QED) is 0.177. The zero-order valence-electron chi connectivity index (χ0n) is 22.5. The van der Waals surface area contributed by atoms with Gasteiger partial charge in [0.2, 0.25) is 0 Å². The molecule has 0 aromatic heterocycles. The van der Waals surface area contributed by atoms with Crippen LogP contribution in [0.15, 0.2) is 138 Å². The number of hydrogen-bond acceptors (Lipinski definition) is 3. The van der Waals surface area contributed by atoms with Gasteiger partial charge in [-0.25, -0.2) is 8.42 Å². The lowest BCUT2D eigenvalue weighted by Gasteiger charge is -2.17. The molecule has 0 bridgehead atoms. The second-order valence-electron chi connectivity index (χ2n) is 9.56. The fraction of sp³-hybridized carbons (Fsp3) is 0.0811. The monoisotopic (exact) mass is 551 g/mol. The van der Waals surface area contributed by atoms with Gasteiger partial charge in [-0.2, -0.15) is 0 Å². The van der Waals surface area contributed by atoms with E-state index < -0.39 is 10.7 Å². The minimum atomic E-state index is -2.59. The Morgan fingerprint density at radius 3 is 1.32 bits per heavy atom. The summed E-state index contributed by atoms with van der Waals surface area (Å²) in [5.74, 6) is 13.1. The van der Waals surface area contributed by atoms with Gasteiger partial charge in [0.15, 0.2) is 10.7 Å². The van der Waals surface area contributed by atoms with Gasteiger partial charge in [0.25, 0.3) is 0 Å². The summed E-state index contributed by atoms with van der Waals surface area (Å²) >= 11 is 0. The highest BCUT2D eigenvalue weighted by molar-refractivity contribution is 7.72. The van der Waals surface area contributed by atoms with Crippen LogP contribution in [0.3, 0.4) is 0 Å². The van der Waals surface area contributed by atoms with Gasteiger partial charge >= 0.3 is 0 Å². The van der Waals surface area contributed by atoms with Crippen LogP contribution in [0.2, 0.25) is 0 Å². The maximum Gasteiger partial charge on any atom is 0.168 e. The molecule has 0 aliphatic heterocycles. The summed E-state index contributed by atoms with van der Waals surface area (Å²) < 4.78 is 22.6. The number of thiol groups is 1. The number of rotatable bonds is 7. The molecule has 0 N–H and O–H groups in total. The molecule has 0 fully saturated rings. The summed E-state index contributed by atoms with van der Waals surface area (Å²) in [6, 6.07) is 44.1. The maximum atomic E-state index is 11.3. The van der Waals surface area contributed by atoms with E-state index >= 15 is 0 Å². The highest BCUT2D eigenvalue weighted by Gasteiger charge is 2.05. The van der Waals surface area contributed by atoms with E-state index in [1.807, 2.05) is 72.8 Å². The van der Waals surface area contributed by atoms with Gasteiger partial charge in [-0.15, -0.1) is 0 Å². The first kappa shape index (κ1) is 27.7. The molecule has 41 heavy (non-hydrogen) atoms. The Morgan fingerprint density at radius 2 is 0.902 bits per heavy atom. The van der Waals surface area contributed by atoms with Crippen molar-refractivity contribution in [1.29, 1.82) is 0 Å². The Morgan fingerprint density at radius 1 is 0.488 bits per heavy atom. The van der Waals surface area contributed by atoms with Gasteiger partial charge in [-0.3, -0.25) is 4.90 Å². The topological polar surface area (TPSA) is 37.4 Å². The molecule has 0 aliphatic rings. The van der Waals surface area contributed by atoms with Gasteiger partial charge in [-0.1, -0.05) is 121 Å². The van der Waals surface area contributed by atoms with Crippen LogP contribution in [0.25, 0.3) is 22.3 Å². The van der Waals surface area contributed by atoms with E-state index in [1.165, 1.54) is 11.1 Å². The van der Waals surface area contributed by atoms with E-state index in [1.54, 1.807) is 12.1 Å². The molecular weight excluding hydrogens is 522 g/mol. The van der Waals surface area contributed by atoms with E-state index in [9.17, 15) is 8.42 Å². The summed E-state index contributed by atoms with van der Waals surface area (Å²) in [5, 5.41) is 0. The van der Waals surface area contributed by atoms with Crippen LogP contribution in [0.5, 0.6) is 0 Å². The van der Waals surface area contributed by atoms with Crippen LogP contribution in [0.4, 0.5) is 0 Å². The molecule has 0 atom stereocenters. The van der Waals surface area contributed by atoms with Crippen molar-refractivity contribution in [2.24, 2.45) is 0 Å². The summed E-state index contributed by atoms with van der Waals surface area (Å²) in [6.45, 7) is 1.67. The summed E-state index contributed by atoms with van der Waals surface area (Å²) in [4.78, 5) is 2.47. The Bertz CT molecular complexity index is 1660. The minimum Gasteiger partial charge on any atom is -0.277 e. The molecule has 5 aromatic carbocycles. The van der Waals surface area contributed by atoms with Crippen molar-refractivity contribution in [3.63, 3.8) is 0 Å². The third-order valence-corrected chi connectivity index (χ3v) is 7.33. The van der Waals surface area contributed by atoms with E-state index in [0.29, 0.717) is 24.5 Å². The first-order valence-electron chi connectivity index (χ1n) is 13.4. The second kappa shape index (κ2) is 14.0. The molecule has 4 heteroatoms. The van der Waals surface area contributed by atoms with Crippen molar-refractivity contribution in [3.05, 3.63) is 150 Å². The number of nitrogens with zero attached hydrogens (tertiary/aromatic N) is 1. The standard InChI is InChI=1S/C37H29NO2S/c39-41(40)37-25-19-32(20-26-37)29-38(27-7-9-30-15-21-35(22-16-30)33-11-3-1-4-12-33)28-8-10-31-17-23-36(24-18-31)34-13-5-2-6-14-34/h1-6,11-26,41H,27-29H2. The van der Waals surface area contributed by atoms with Crippen molar-refractivity contribution < 1.29 is 8.42 Å². The lowest BCUT2D eigenvalue weighted by molar-refractivity contribution is 0.337. The lowest BCUT2D eigenvalue weighted by atomic mass is 10.0. The Balaban J connectivity index is 1.28. The fourth-order valence-electron chi connectivity index (χ4n) is 4.41. The van der Waals surface area contributed by atoms with E-state index in [2.05, 4.69) is 77.1 Å². The lowest BCUT2D eigenvalue weighted by Crippen LogP contribution is -2.24. The molecule has 0 radical (unpaired) electrons. The highest BCUT2D eigenvalue weighted by Crippen LogP contribution is 2.20. The average Bonchev–Trinajstić information content (AvgIpc) is 3.03. The predicted octanol–water partition coefficient (Wildman–Crippen LogP) is 6.90. The first-order valence-corrected chi connectivity index (χ1v) is 14.6. The van der Waals surface area contributed by atoms with Gasteiger partial charge in [-0.05, 0) is 64.2 Å². The predicted molar refractivity (Wildman–Crippen MR) is 168 cm³/mol. The number of benzene rings is 5. The van der Waals surface area contributed by atoms with Crippen molar-refractivity contribution in [1.82, 2.24) is 4.90 Å². The zero-order chi connectivity index (χ0) is 28.3. The molecule has 5 rings (SSSR count). The smallest absolute Gasteiger partial charge is 0.168 e. The third kappa shape index (κ3) is 8.07. The third-order valence-electron chi connectivity index (χ3n) is 6.61. The molecule has 200 valence electrons. The fourth-order valence-corrected chi connectivity index (χ4v) is 4.80. The van der Waals surface area contributed by atoms with E-state index in [4.69, 9.17) is 0 Å². The summed E-state index contributed by atoms with van der Waals surface area (Å²) in [5.41, 5.74) is 7.60. The minimum absolute atomic E-state index is 0.313. The molecule has 3 nitrogen and oxygen atoms in total. The molecule has 5 aromatic rings. The molecule has 0 saturated heterocycles. The SMILES string of the molecule is O=[SH](=O)c1ccc(CN(CC#Cc2ccc(-c3ccccc3)cc2)CC#Cc2ccc(-c3ccccc3)cc2)cc1. The average molecular weight is 552 g/mol. The molecule has 0 saturated carbocycles. The molecule has 0 heterocycles. The van der Waals surface area contributed by atoms with Crippen LogP contribution in [-0.4, -0.2) is 26.4 Å².